The van der Waals surface area contributed by atoms with Crippen molar-refractivity contribution in [2.24, 2.45) is 0 Å². The van der Waals surface area contributed by atoms with E-state index >= 15 is 0 Å². The number of carbonyl (C=O) groups excluding carboxylic acids is 1. The van der Waals surface area contributed by atoms with Crippen molar-refractivity contribution < 1.29 is 19.0 Å². The molecule has 1 N–H and O–H groups in total. The summed E-state index contributed by atoms with van der Waals surface area (Å²) in [7, 11) is 4.68. The van der Waals surface area contributed by atoms with Crippen molar-refractivity contribution in [2.75, 3.05) is 26.2 Å². The van der Waals surface area contributed by atoms with Crippen LogP contribution in [0.25, 0.3) is 22.2 Å². The van der Waals surface area contributed by atoms with Gasteiger partial charge in [0.15, 0.2) is 17.3 Å². The zero-order valence-electron chi connectivity index (χ0n) is 17.3. The van der Waals surface area contributed by atoms with Crippen molar-refractivity contribution in [1.82, 2.24) is 15.0 Å². The van der Waals surface area contributed by atoms with Crippen LogP contribution in [0.5, 0.6) is 17.2 Å². The van der Waals surface area contributed by atoms with Crippen LogP contribution in [0.3, 0.4) is 0 Å². The van der Waals surface area contributed by atoms with Crippen molar-refractivity contribution in [2.45, 2.75) is 6.42 Å². The first-order chi connectivity index (χ1) is 15.1. The molecular weight excluding hydrogens is 396 g/mol. The summed E-state index contributed by atoms with van der Waals surface area (Å²) >= 11 is 0. The number of hydrogen-bond acceptors (Lipinski definition) is 6. The fraction of sp³-hybridized carbons (Fsp3) is 0.174. The lowest BCUT2D eigenvalue weighted by atomic mass is 10.1. The van der Waals surface area contributed by atoms with E-state index in [1.807, 2.05) is 42.6 Å². The maximum absolute atomic E-state index is 12.8. The van der Waals surface area contributed by atoms with Crippen LogP contribution >= 0.6 is 0 Å². The van der Waals surface area contributed by atoms with Crippen LogP contribution in [0.4, 0.5) is 11.5 Å². The number of amides is 1. The van der Waals surface area contributed by atoms with Gasteiger partial charge in [0.25, 0.3) is 0 Å². The number of methoxy groups -OCH3 is 3. The second kappa shape index (κ2) is 7.32. The second-order valence-corrected chi connectivity index (χ2v) is 7.09. The van der Waals surface area contributed by atoms with Gasteiger partial charge in [-0.3, -0.25) is 14.7 Å². The number of carbonyl (C=O) groups is 1. The number of fused-ring (bicyclic) bond motifs is 2. The average molecular weight is 416 g/mol. The molecular formula is C23H20N4O4. The average Bonchev–Trinajstić information content (AvgIpc) is 3.40. The summed E-state index contributed by atoms with van der Waals surface area (Å²) in [6, 6.07) is 11.4. The van der Waals surface area contributed by atoms with E-state index in [0.717, 1.165) is 22.2 Å². The number of H-pyrrole nitrogens is 1. The summed E-state index contributed by atoms with van der Waals surface area (Å²) in [4.78, 5) is 26.9. The van der Waals surface area contributed by atoms with Gasteiger partial charge in [-0.05, 0) is 35.7 Å². The van der Waals surface area contributed by atoms with Crippen LogP contribution in [-0.4, -0.2) is 42.2 Å². The van der Waals surface area contributed by atoms with E-state index in [4.69, 9.17) is 19.2 Å². The highest BCUT2D eigenvalue weighted by atomic mass is 16.5. The van der Waals surface area contributed by atoms with Crippen LogP contribution in [0.2, 0.25) is 0 Å². The Labute approximate surface area is 178 Å². The Morgan fingerprint density at radius 2 is 1.77 bits per heavy atom. The highest BCUT2D eigenvalue weighted by Gasteiger charge is 2.32. The normalized spacial score (nSPS) is 12.9. The summed E-state index contributed by atoms with van der Waals surface area (Å²) in [5.41, 5.74) is 3.68. The lowest BCUT2D eigenvalue weighted by Gasteiger charge is -2.18. The third kappa shape index (κ3) is 3.04. The topological polar surface area (TPSA) is 89.6 Å². The number of hydrogen-bond donors (Lipinski definition) is 1. The molecule has 0 saturated carbocycles. The molecule has 0 aliphatic carbocycles. The number of anilines is 2. The van der Waals surface area contributed by atoms with Crippen LogP contribution in [0, 0.1) is 0 Å². The standard InChI is InChI=1S/C23H20N4O4/c1-29-19-8-14(9-20(30-2)22(19)31-3)18-12-25-17-11-21(28)27(23(17)26-18)15-5-4-13-6-7-24-16(13)10-15/h4-10,12,24H,11H2,1-3H3. The maximum Gasteiger partial charge on any atom is 0.238 e. The molecule has 1 aliphatic heterocycles. The van der Waals surface area contributed by atoms with Crippen molar-refractivity contribution in [3.05, 3.63) is 54.5 Å². The van der Waals surface area contributed by atoms with Crippen molar-refractivity contribution >= 4 is 28.3 Å². The smallest absolute Gasteiger partial charge is 0.238 e. The summed E-state index contributed by atoms with van der Waals surface area (Å²) in [6.07, 6.45) is 3.74. The van der Waals surface area contributed by atoms with E-state index < -0.39 is 0 Å². The molecule has 0 saturated heterocycles. The summed E-state index contributed by atoms with van der Waals surface area (Å²) in [6.45, 7) is 0. The number of nitrogens with zero attached hydrogens (tertiary/aromatic N) is 3. The number of nitrogens with one attached hydrogen (secondary N) is 1. The van der Waals surface area contributed by atoms with Crippen molar-refractivity contribution in [3.63, 3.8) is 0 Å². The lowest BCUT2D eigenvalue weighted by Crippen LogP contribution is -2.21. The fourth-order valence-corrected chi connectivity index (χ4v) is 3.86. The molecule has 2 aromatic carbocycles. The quantitative estimate of drug-likeness (QED) is 0.531. The Kier molecular flexibility index (Phi) is 4.47. The van der Waals surface area contributed by atoms with Gasteiger partial charge in [-0.1, -0.05) is 6.07 Å². The van der Waals surface area contributed by atoms with Crippen LogP contribution < -0.4 is 19.1 Å². The maximum atomic E-state index is 12.8. The molecule has 0 fully saturated rings. The molecule has 8 heteroatoms. The highest BCUT2D eigenvalue weighted by Crippen LogP contribution is 2.42. The van der Waals surface area contributed by atoms with Crippen molar-refractivity contribution in [3.8, 4) is 28.5 Å². The van der Waals surface area contributed by atoms with E-state index in [1.54, 1.807) is 32.4 Å². The Morgan fingerprint density at radius 3 is 2.48 bits per heavy atom. The molecule has 31 heavy (non-hydrogen) atoms. The van der Waals surface area contributed by atoms with Gasteiger partial charge in [-0.15, -0.1) is 0 Å². The Hall–Kier alpha value is -4.07. The Bertz CT molecular complexity index is 1290. The SMILES string of the molecule is COc1cc(-c2cnc3c(n2)N(c2ccc4cc[nH]c4c2)C(=O)C3)cc(OC)c1OC. The first kappa shape index (κ1) is 18.9. The molecule has 156 valence electrons. The minimum atomic E-state index is -0.0667. The monoisotopic (exact) mass is 416 g/mol. The van der Waals surface area contributed by atoms with Crippen molar-refractivity contribution in [1.29, 1.82) is 0 Å². The molecule has 0 spiro atoms. The number of aromatic amines is 1. The Morgan fingerprint density at radius 1 is 1.00 bits per heavy atom. The summed E-state index contributed by atoms with van der Waals surface area (Å²) < 4.78 is 16.3. The number of ether oxygens (including phenoxy) is 3. The third-order valence-corrected chi connectivity index (χ3v) is 5.36. The number of rotatable bonds is 5. The molecule has 1 amide bonds. The molecule has 3 heterocycles. The Balaban J connectivity index is 1.61. The van der Waals surface area contributed by atoms with E-state index in [1.165, 1.54) is 0 Å². The second-order valence-electron chi connectivity index (χ2n) is 7.09. The molecule has 0 bridgehead atoms. The number of benzene rings is 2. The molecule has 2 aromatic heterocycles. The molecule has 0 unspecified atom stereocenters. The van der Waals surface area contributed by atoms with Gasteiger partial charge in [0.1, 0.15) is 0 Å². The first-order valence-corrected chi connectivity index (χ1v) is 9.69. The zero-order valence-corrected chi connectivity index (χ0v) is 17.3. The van der Waals surface area contributed by atoms with Crippen LogP contribution in [0.15, 0.2) is 48.8 Å². The minimum Gasteiger partial charge on any atom is -0.493 e. The summed E-state index contributed by atoms with van der Waals surface area (Å²) in [5, 5.41) is 1.08. The predicted molar refractivity (Wildman–Crippen MR) is 116 cm³/mol. The first-order valence-electron chi connectivity index (χ1n) is 9.69. The molecule has 4 aromatic rings. The van der Waals surface area contributed by atoms with E-state index in [9.17, 15) is 4.79 Å². The lowest BCUT2D eigenvalue weighted by molar-refractivity contribution is -0.116. The van der Waals surface area contributed by atoms with Crippen LogP contribution in [0.1, 0.15) is 5.69 Å². The molecule has 0 radical (unpaired) electrons. The van der Waals surface area contributed by atoms with Gasteiger partial charge >= 0.3 is 0 Å². The van der Waals surface area contributed by atoms with Gasteiger partial charge in [0, 0.05) is 17.3 Å². The van der Waals surface area contributed by atoms with Crippen LogP contribution in [-0.2, 0) is 11.2 Å². The largest absolute Gasteiger partial charge is 0.493 e. The fourth-order valence-electron chi connectivity index (χ4n) is 3.86. The molecule has 5 rings (SSSR count). The zero-order chi connectivity index (χ0) is 21.5. The highest BCUT2D eigenvalue weighted by molar-refractivity contribution is 6.07. The molecule has 1 aliphatic rings. The summed E-state index contributed by atoms with van der Waals surface area (Å²) in [5.74, 6) is 2.00. The predicted octanol–water partition coefficient (Wildman–Crippen LogP) is 3.87. The van der Waals surface area contributed by atoms with E-state index in [0.29, 0.717) is 34.5 Å². The van der Waals surface area contributed by atoms with Gasteiger partial charge in [0.05, 0.1) is 51.0 Å². The third-order valence-electron chi connectivity index (χ3n) is 5.36. The molecule has 0 atom stereocenters. The van der Waals surface area contributed by atoms with Gasteiger partial charge in [-0.2, -0.15) is 0 Å². The molecule has 8 nitrogen and oxygen atoms in total. The van der Waals surface area contributed by atoms with E-state index in [-0.39, 0.29) is 12.3 Å². The minimum absolute atomic E-state index is 0.0667. The van der Waals surface area contributed by atoms with E-state index in [2.05, 4.69) is 9.97 Å². The van der Waals surface area contributed by atoms with Gasteiger partial charge < -0.3 is 19.2 Å². The van der Waals surface area contributed by atoms with Gasteiger partial charge in [-0.25, -0.2) is 4.98 Å². The number of aromatic nitrogens is 3. The van der Waals surface area contributed by atoms with Gasteiger partial charge in [0.2, 0.25) is 11.7 Å².